The summed E-state index contributed by atoms with van der Waals surface area (Å²) in [5.41, 5.74) is 8.26. The maximum absolute atomic E-state index is 14.6. The van der Waals surface area contributed by atoms with E-state index in [1.54, 1.807) is 12.1 Å². The normalized spacial score (nSPS) is 17.0. The zero-order valence-electron chi connectivity index (χ0n) is 29.4. The number of benzene rings is 3. The summed E-state index contributed by atoms with van der Waals surface area (Å²) in [5, 5.41) is 12.4. The lowest BCUT2D eigenvalue weighted by Crippen LogP contribution is -2.66. The van der Waals surface area contributed by atoms with Crippen molar-refractivity contribution >= 4 is 46.3 Å². The van der Waals surface area contributed by atoms with Gasteiger partial charge in [-0.25, -0.2) is 4.79 Å². The van der Waals surface area contributed by atoms with Crippen LogP contribution in [-0.4, -0.2) is 52.4 Å². The summed E-state index contributed by atoms with van der Waals surface area (Å²) in [6.45, 7) is 7.55. The van der Waals surface area contributed by atoms with Gasteiger partial charge in [0.15, 0.2) is 6.10 Å². The molecule has 0 radical (unpaired) electrons. The van der Waals surface area contributed by atoms with Crippen LogP contribution in [0.15, 0.2) is 78.9 Å². The second-order valence-electron chi connectivity index (χ2n) is 13.6. The van der Waals surface area contributed by atoms with Gasteiger partial charge in [0.1, 0.15) is 11.6 Å². The Kier molecular flexibility index (Phi) is 11.4. The van der Waals surface area contributed by atoms with Crippen molar-refractivity contribution in [1.82, 2.24) is 20.9 Å². The fourth-order valence-electron chi connectivity index (χ4n) is 6.39. The maximum atomic E-state index is 14.6. The average Bonchev–Trinajstić information content (AvgIpc) is 3.49. The highest BCUT2D eigenvalue weighted by atomic mass is 16.6. The summed E-state index contributed by atoms with van der Waals surface area (Å²) >= 11 is 0. The van der Waals surface area contributed by atoms with Crippen LogP contribution in [0.2, 0.25) is 0 Å². The van der Waals surface area contributed by atoms with E-state index in [1.165, 1.54) is 12.1 Å². The number of aryl methyl sites for hydroxylation is 1. The van der Waals surface area contributed by atoms with Crippen LogP contribution in [0.1, 0.15) is 67.7 Å². The smallest absolute Gasteiger partial charge is 0.408 e. The van der Waals surface area contributed by atoms with Gasteiger partial charge in [0.05, 0.1) is 0 Å². The molecular formula is C39H46N6O6. The van der Waals surface area contributed by atoms with E-state index in [9.17, 15) is 24.0 Å². The molecule has 0 saturated heterocycles. The molecular weight excluding hydrogens is 648 g/mol. The van der Waals surface area contributed by atoms with E-state index in [0.29, 0.717) is 24.1 Å². The molecule has 1 heterocycles. The van der Waals surface area contributed by atoms with Gasteiger partial charge in [-0.2, -0.15) is 0 Å². The lowest BCUT2D eigenvalue weighted by molar-refractivity contribution is -0.141. The van der Waals surface area contributed by atoms with Crippen LogP contribution in [0.4, 0.5) is 10.5 Å². The van der Waals surface area contributed by atoms with Crippen LogP contribution >= 0.6 is 0 Å². The number of alkyl carbamates (subject to hydrolysis) is 1. The van der Waals surface area contributed by atoms with Gasteiger partial charge < -0.3 is 36.7 Å². The number of nitrogens with one attached hydrogen (secondary N) is 5. The molecule has 0 aliphatic heterocycles. The number of fused-ring (bicyclic) bond motifs is 3. The quantitative estimate of drug-likeness (QED) is 0.118. The summed E-state index contributed by atoms with van der Waals surface area (Å²) in [6, 6.07) is 22.3. The van der Waals surface area contributed by atoms with E-state index in [2.05, 4.69) is 26.3 Å². The molecule has 5 rings (SSSR count). The van der Waals surface area contributed by atoms with Crippen molar-refractivity contribution in [3.63, 3.8) is 0 Å². The zero-order valence-corrected chi connectivity index (χ0v) is 29.4. The average molecular weight is 695 g/mol. The minimum absolute atomic E-state index is 0.151. The van der Waals surface area contributed by atoms with Crippen LogP contribution < -0.4 is 27.0 Å². The first-order chi connectivity index (χ1) is 24.4. The van der Waals surface area contributed by atoms with Crippen molar-refractivity contribution in [2.75, 3.05) is 5.32 Å². The Hall–Kier alpha value is -5.65. The van der Waals surface area contributed by atoms with Crippen molar-refractivity contribution in [2.45, 2.75) is 77.6 Å². The summed E-state index contributed by atoms with van der Waals surface area (Å²) in [4.78, 5) is 70.3. The van der Waals surface area contributed by atoms with Gasteiger partial charge in [0.25, 0.3) is 5.91 Å². The zero-order chi connectivity index (χ0) is 36.7. The highest BCUT2D eigenvalue weighted by Crippen LogP contribution is 2.35. The van der Waals surface area contributed by atoms with Gasteiger partial charge in [-0.3, -0.25) is 19.2 Å². The number of carbonyl (C=O) groups is 5. The molecule has 1 aromatic heterocycles. The van der Waals surface area contributed by atoms with E-state index in [1.807, 2.05) is 82.3 Å². The molecule has 0 saturated carbocycles. The maximum Gasteiger partial charge on any atom is 0.408 e. The van der Waals surface area contributed by atoms with Crippen LogP contribution in [0, 0.1) is 11.8 Å². The SMILES string of the molecule is CC[C@H](C)C(OC(=O)NCc1ccccc1)C(=O)N[C@]1(C(=O)N[C@H](C(=O)Nc2ccc(C(N)=O)cc2)C(C)C)CCc2[nH]c3ccccc3c2C1. The Morgan fingerprint density at radius 2 is 1.59 bits per heavy atom. The molecule has 5 amide bonds. The fraction of sp³-hybridized carbons (Fsp3) is 0.359. The molecule has 51 heavy (non-hydrogen) atoms. The third kappa shape index (κ3) is 8.57. The van der Waals surface area contributed by atoms with Crippen LogP contribution in [0.5, 0.6) is 0 Å². The molecule has 1 aliphatic carbocycles. The lowest BCUT2D eigenvalue weighted by Gasteiger charge is -2.39. The molecule has 0 bridgehead atoms. The Bertz CT molecular complexity index is 1890. The van der Waals surface area contributed by atoms with Gasteiger partial charge in [-0.05, 0) is 66.6 Å². The molecule has 3 aromatic carbocycles. The number of H-pyrrole nitrogens is 1. The van der Waals surface area contributed by atoms with Gasteiger partial charge in [0.2, 0.25) is 17.7 Å². The number of ether oxygens (including phenoxy) is 1. The second-order valence-corrected chi connectivity index (χ2v) is 13.6. The number of hydrogen-bond donors (Lipinski definition) is 6. The number of rotatable bonds is 13. The van der Waals surface area contributed by atoms with E-state index in [4.69, 9.17) is 10.5 Å². The molecule has 4 aromatic rings. The van der Waals surface area contributed by atoms with Crippen molar-refractivity contribution in [3.05, 3.63) is 101 Å². The van der Waals surface area contributed by atoms with Crippen LogP contribution in [0.3, 0.4) is 0 Å². The van der Waals surface area contributed by atoms with E-state index >= 15 is 0 Å². The first-order valence-electron chi connectivity index (χ1n) is 17.3. The van der Waals surface area contributed by atoms with Crippen molar-refractivity contribution in [2.24, 2.45) is 17.6 Å². The van der Waals surface area contributed by atoms with Gasteiger partial charge in [-0.1, -0.05) is 76.2 Å². The lowest BCUT2D eigenvalue weighted by atomic mass is 9.78. The largest absolute Gasteiger partial charge is 0.436 e. The highest BCUT2D eigenvalue weighted by molar-refractivity contribution is 6.01. The minimum Gasteiger partial charge on any atom is -0.436 e. The van der Waals surface area contributed by atoms with Gasteiger partial charge >= 0.3 is 6.09 Å². The summed E-state index contributed by atoms with van der Waals surface area (Å²) in [5.74, 6) is -2.88. The Balaban J connectivity index is 1.41. The molecule has 1 aliphatic rings. The summed E-state index contributed by atoms with van der Waals surface area (Å²) in [7, 11) is 0. The number of primary amides is 1. The number of aromatic nitrogens is 1. The number of aromatic amines is 1. The minimum atomic E-state index is -1.47. The highest BCUT2D eigenvalue weighted by Gasteiger charge is 2.47. The number of para-hydroxylation sites is 1. The number of nitrogens with two attached hydrogens (primary N) is 1. The molecule has 268 valence electrons. The second kappa shape index (κ2) is 15.9. The molecule has 4 atom stereocenters. The van der Waals surface area contributed by atoms with E-state index < -0.39 is 47.4 Å². The predicted octanol–water partition coefficient (Wildman–Crippen LogP) is 4.73. The third-order valence-electron chi connectivity index (χ3n) is 9.59. The summed E-state index contributed by atoms with van der Waals surface area (Å²) < 4.78 is 5.73. The molecule has 12 heteroatoms. The van der Waals surface area contributed by atoms with E-state index in [0.717, 1.165) is 27.7 Å². The third-order valence-corrected chi connectivity index (χ3v) is 9.59. The number of amides is 5. The standard InChI is InChI=1S/C39H46N6O6/c1-5-24(4)33(51-38(50)41-22-25-11-7-6-8-12-25)36(48)45-39(20-19-31-29(21-39)28-13-9-10-14-30(28)43-31)37(49)44-32(23(2)3)35(47)42-27-17-15-26(16-18-27)34(40)46/h6-18,23-24,32-33,43H,5,19-22H2,1-4H3,(H2,40,46)(H,41,50)(H,42,47)(H,44,49)(H,45,48)/t24-,32-,33?,39+/m0/s1. The Morgan fingerprint density at radius 1 is 0.902 bits per heavy atom. The van der Waals surface area contributed by atoms with E-state index in [-0.39, 0.29) is 31.2 Å². The van der Waals surface area contributed by atoms with Gasteiger partial charge in [0, 0.05) is 46.7 Å². The first-order valence-corrected chi connectivity index (χ1v) is 17.3. The van der Waals surface area contributed by atoms with Gasteiger partial charge in [-0.15, -0.1) is 0 Å². The first kappa shape index (κ1) is 36.6. The molecule has 12 nitrogen and oxygen atoms in total. The molecule has 0 fully saturated rings. The van der Waals surface area contributed by atoms with Crippen molar-refractivity contribution in [1.29, 1.82) is 0 Å². The van der Waals surface area contributed by atoms with Crippen molar-refractivity contribution in [3.8, 4) is 0 Å². The molecule has 0 spiro atoms. The van der Waals surface area contributed by atoms with Crippen LogP contribution in [-0.2, 0) is 38.5 Å². The van der Waals surface area contributed by atoms with Crippen molar-refractivity contribution < 1.29 is 28.7 Å². The monoisotopic (exact) mass is 694 g/mol. The fourth-order valence-corrected chi connectivity index (χ4v) is 6.39. The summed E-state index contributed by atoms with van der Waals surface area (Å²) in [6.07, 6.45) is -0.564. The predicted molar refractivity (Wildman–Crippen MR) is 195 cm³/mol. The topological polar surface area (TPSA) is 185 Å². The number of anilines is 1. The number of hydrogen-bond acceptors (Lipinski definition) is 6. The Morgan fingerprint density at radius 3 is 2.25 bits per heavy atom. The molecule has 7 N–H and O–H groups in total. The number of carbonyl (C=O) groups excluding carboxylic acids is 5. The van der Waals surface area contributed by atoms with Crippen LogP contribution in [0.25, 0.3) is 10.9 Å². The Labute approximate surface area is 297 Å². The molecule has 1 unspecified atom stereocenters.